The number of amides is 2. The molecule has 0 rings (SSSR count). The molecular weight excluding hydrogens is 196 g/mol. The summed E-state index contributed by atoms with van der Waals surface area (Å²) in [6, 6.07) is 0. The third-order valence-electron chi connectivity index (χ3n) is 1.97. The number of aliphatic hydroxyl groups is 1. The number of aliphatic hydroxyl groups excluding tert-OH is 1. The summed E-state index contributed by atoms with van der Waals surface area (Å²) >= 11 is 0. The minimum Gasteiger partial charge on any atom is -0.395 e. The fourth-order valence-corrected chi connectivity index (χ4v) is 1.16. The monoisotopic (exact) mass is 216 g/mol. The third-order valence-corrected chi connectivity index (χ3v) is 1.97. The van der Waals surface area contributed by atoms with Crippen molar-refractivity contribution in [1.82, 2.24) is 10.2 Å². The standard InChI is InChI=1S/C10H20N2O3/c1-3-5-12(6-7-13)10(15)8-11-9(14)4-2/h13H,3-8H2,1-2H3,(H,11,14). The molecule has 15 heavy (non-hydrogen) atoms. The first-order valence-corrected chi connectivity index (χ1v) is 5.31. The Morgan fingerprint density at radius 2 is 1.93 bits per heavy atom. The quantitative estimate of drug-likeness (QED) is 0.616. The van der Waals surface area contributed by atoms with Crippen molar-refractivity contribution in [1.29, 1.82) is 0 Å². The average Bonchev–Trinajstić information content (AvgIpc) is 2.25. The summed E-state index contributed by atoms with van der Waals surface area (Å²) in [6.07, 6.45) is 1.22. The number of rotatable bonds is 7. The summed E-state index contributed by atoms with van der Waals surface area (Å²) in [4.78, 5) is 24.0. The van der Waals surface area contributed by atoms with Crippen LogP contribution in [0.2, 0.25) is 0 Å². The van der Waals surface area contributed by atoms with Gasteiger partial charge in [0.1, 0.15) is 0 Å². The minimum atomic E-state index is -0.146. The van der Waals surface area contributed by atoms with Crippen molar-refractivity contribution in [3.05, 3.63) is 0 Å². The molecule has 5 nitrogen and oxygen atoms in total. The Hall–Kier alpha value is -1.10. The Morgan fingerprint density at radius 3 is 2.40 bits per heavy atom. The van der Waals surface area contributed by atoms with Crippen molar-refractivity contribution in [3.8, 4) is 0 Å². The van der Waals surface area contributed by atoms with E-state index < -0.39 is 0 Å². The summed E-state index contributed by atoms with van der Waals surface area (Å²) in [5.74, 6) is -0.281. The molecule has 0 saturated carbocycles. The number of carbonyl (C=O) groups is 2. The topological polar surface area (TPSA) is 69.6 Å². The first-order chi connectivity index (χ1) is 7.15. The predicted octanol–water partition coefficient (Wildman–Crippen LogP) is -0.257. The molecule has 0 aliphatic carbocycles. The van der Waals surface area contributed by atoms with Gasteiger partial charge in [-0.1, -0.05) is 13.8 Å². The lowest BCUT2D eigenvalue weighted by Gasteiger charge is -2.21. The fourth-order valence-electron chi connectivity index (χ4n) is 1.16. The molecule has 0 aliphatic heterocycles. The highest BCUT2D eigenvalue weighted by Crippen LogP contribution is 1.91. The second-order valence-corrected chi connectivity index (χ2v) is 3.23. The Kier molecular flexibility index (Phi) is 7.62. The van der Waals surface area contributed by atoms with E-state index in [9.17, 15) is 9.59 Å². The number of carbonyl (C=O) groups excluding carboxylic acids is 2. The lowest BCUT2D eigenvalue weighted by atomic mass is 10.3. The molecule has 0 radical (unpaired) electrons. The van der Waals surface area contributed by atoms with Gasteiger partial charge in [0.2, 0.25) is 11.8 Å². The minimum absolute atomic E-state index is 0.0205. The van der Waals surface area contributed by atoms with E-state index in [1.807, 2.05) is 6.92 Å². The molecule has 0 fully saturated rings. The SMILES string of the molecule is CCCN(CCO)C(=O)CNC(=O)CC. The van der Waals surface area contributed by atoms with Crippen molar-refractivity contribution in [2.75, 3.05) is 26.2 Å². The van der Waals surface area contributed by atoms with Gasteiger partial charge in [-0.2, -0.15) is 0 Å². The van der Waals surface area contributed by atoms with E-state index in [0.717, 1.165) is 6.42 Å². The van der Waals surface area contributed by atoms with Crippen molar-refractivity contribution in [2.45, 2.75) is 26.7 Å². The molecule has 0 aromatic rings. The van der Waals surface area contributed by atoms with Gasteiger partial charge >= 0.3 is 0 Å². The van der Waals surface area contributed by atoms with Crippen LogP contribution in [0.25, 0.3) is 0 Å². The summed E-state index contributed by atoms with van der Waals surface area (Å²) in [7, 11) is 0. The zero-order valence-electron chi connectivity index (χ0n) is 9.45. The Bertz CT molecular complexity index is 201. The maximum atomic E-state index is 11.5. The molecule has 0 aliphatic rings. The van der Waals surface area contributed by atoms with E-state index in [2.05, 4.69) is 5.32 Å². The van der Waals surface area contributed by atoms with Crippen molar-refractivity contribution < 1.29 is 14.7 Å². The summed E-state index contributed by atoms with van der Waals surface area (Å²) in [5.41, 5.74) is 0. The predicted molar refractivity (Wildman–Crippen MR) is 57.3 cm³/mol. The van der Waals surface area contributed by atoms with Gasteiger partial charge in [0.05, 0.1) is 13.2 Å². The maximum absolute atomic E-state index is 11.5. The molecule has 5 heteroatoms. The highest BCUT2D eigenvalue weighted by Gasteiger charge is 2.12. The van der Waals surface area contributed by atoms with Gasteiger partial charge in [-0.05, 0) is 6.42 Å². The average molecular weight is 216 g/mol. The first kappa shape index (κ1) is 13.9. The maximum Gasteiger partial charge on any atom is 0.242 e. The smallest absolute Gasteiger partial charge is 0.242 e. The van der Waals surface area contributed by atoms with Gasteiger partial charge in [-0.3, -0.25) is 9.59 Å². The third kappa shape index (κ3) is 6.06. The molecule has 0 bridgehead atoms. The van der Waals surface area contributed by atoms with Crippen LogP contribution in [0, 0.1) is 0 Å². The van der Waals surface area contributed by atoms with Crippen LogP contribution in [-0.4, -0.2) is 48.1 Å². The molecule has 2 N–H and O–H groups in total. The van der Waals surface area contributed by atoms with Gasteiger partial charge < -0.3 is 15.3 Å². The Labute approximate surface area is 90.5 Å². The largest absolute Gasteiger partial charge is 0.395 e. The van der Waals surface area contributed by atoms with E-state index >= 15 is 0 Å². The highest BCUT2D eigenvalue weighted by atomic mass is 16.3. The van der Waals surface area contributed by atoms with Crippen LogP contribution in [-0.2, 0) is 9.59 Å². The highest BCUT2D eigenvalue weighted by molar-refractivity contribution is 5.84. The van der Waals surface area contributed by atoms with Crippen LogP contribution in [0.5, 0.6) is 0 Å². The number of hydrogen-bond acceptors (Lipinski definition) is 3. The molecule has 0 aromatic carbocycles. The number of nitrogens with zero attached hydrogens (tertiary/aromatic N) is 1. The molecule has 0 saturated heterocycles. The number of nitrogens with one attached hydrogen (secondary N) is 1. The lowest BCUT2D eigenvalue weighted by molar-refractivity contribution is -0.133. The molecule has 0 atom stereocenters. The fraction of sp³-hybridized carbons (Fsp3) is 0.800. The Morgan fingerprint density at radius 1 is 1.27 bits per heavy atom. The van der Waals surface area contributed by atoms with Crippen LogP contribution in [0.3, 0.4) is 0 Å². The molecular formula is C10H20N2O3. The van der Waals surface area contributed by atoms with E-state index in [1.54, 1.807) is 11.8 Å². The van der Waals surface area contributed by atoms with E-state index in [0.29, 0.717) is 19.5 Å². The normalized spacial score (nSPS) is 9.80. The number of hydrogen-bond donors (Lipinski definition) is 2. The van der Waals surface area contributed by atoms with Crippen LogP contribution < -0.4 is 5.32 Å². The van der Waals surface area contributed by atoms with E-state index in [4.69, 9.17) is 5.11 Å². The molecule has 0 unspecified atom stereocenters. The molecule has 0 spiro atoms. The van der Waals surface area contributed by atoms with Gasteiger partial charge in [-0.15, -0.1) is 0 Å². The van der Waals surface area contributed by atoms with Crippen LogP contribution in [0.4, 0.5) is 0 Å². The molecule has 88 valence electrons. The zero-order chi connectivity index (χ0) is 11.7. The Balaban J connectivity index is 3.96. The molecule has 0 heterocycles. The van der Waals surface area contributed by atoms with Gasteiger partial charge in [0, 0.05) is 19.5 Å². The van der Waals surface area contributed by atoms with Crippen LogP contribution >= 0.6 is 0 Å². The zero-order valence-corrected chi connectivity index (χ0v) is 9.45. The summed E-state index contributed by atoms with van der Waals surface area (Å²) < 4.78 is 0. The van der Waals surface area contributed by atoms with Crippen molar-refractivity contribution in [3.63, 3.8) is 0 Å². The van der Waals surface area contributed by atoms with Gasteiger partial charge in [-0.25, -0.2) is 0 Å². The van der Waals surface area contributed by atoms with Crippen molar-refractivity contribution >= 4 is 11.8 Å². The van der Waals surface area contributed by atoms with Gasteiger partial charge in [0.15, 0.2) is 0 Å². The molecule has 0 aromatic heterocycles. The lowest BCUT2D eigenvalue weighted by Crippen LogP contribution is -2.41. The van der Waals surface area contributed by atoms with E-state index in [-0.39, 0.29) is 25.0 Å². The summed E-state index contributed by atoms with van der Waals surface area (Å²) in [6.45, 7) is 4.61. The van der Waals surface area contributed by atoms with Crippen LogP contribution in [0.15, 0.2) is 0 Å². The first-order valence-electron chi connectivity index (χ1n) is 5.31. The van der Waals surface area contributed by atoms with E-state index in [1.165, 1.54) is 0 Å². The second-order valence-electron chi connectivity index (χ2n) is 3.23. The van der Waals surface area contributed by atoms with Crippen molar-refractivity contribution in [2.24, 2.45) is 0 Å². The molecule has 2 amide bonds. The summed E-state index contributed by atoms with van der Waals surface area (Å²) in [5, 5.41) is 11.3. The second kappa shape index (κ2) is 8.23. The van der Waals surface area contributed by atoms with Crippen LogP contribution in [0.1, 0.15) is 26.7 Å². The van der Waals surface area contributed by atoms with Gasteiger partial charge in [0.25, 0.3) is 0 Å².